The molecule has 0 fully saturated rings. The largest absolute Gasteiger partial charge is 0.382 e. The van der Waals surface area contributed by atoms with E-state index in [4.69, 9.17) is 9.47 Å². The third-order valence-electron chi connectivity index (χ3n) is 2.71. The van der Waals surface area contributed by atoms with Gasteiger partial charge in [0, 0.05) is 45.6 Å². The highest BCUT2D eigenvalue weighted by atomic mass is 16.5. The average molecular weight is 227 g/mol. The van der Waals surface area contributed by atoms with Gasteiger partial charge in [-0.15, -0.1) is 0 Å². The second-order valence-electron chi connectivity index (χ2n) is 3.82. The second-order valence-corrected chi connectivity index (χ2v) is 3.82. The Morgan fingerprint density at radius 3 is 2.75 bits per heavy atom. The summed E-state index contributed by atoms with van der Waals surface area (Å²) in [4.78, 5) is 0. The van der Waals surface area contributed by atoms with Gasteiger partial charge < -0.3 is 14.8 Å². The van der Waals surface area contributed by atoms with Gasteiger partial charge in [-0.2, -0.15) is 5.10 Å². The summed E-state index contributed by atoms with van der Waals surface area (Å²) in [5.74, 6) is 0. The molecule has 5 nitrogen and oxygen atoms in total. The van der Waals surface area contributed by atoms with Crippen molar-refractivity contribution >= 4 is 0 Å². The normalized spacial score (nSPS) is 13.0. The van der Waals surface area contributed by atoms with Gasteiger partial charge in [-0.05, 0) is 6.92 Å². The van der Waals surface area contributed by atoms with E-state index >= 15 is 0 Å². The molecule has 1 heterocycles. The van der Waals surface area contributed by atoms with Gasteiger partial charge in [-0.25, -0.2) is 0 Å². The van der Waals surface area contributed by atoms with E-state index in [0.29, 0.717) is 6.61 Å². The predicted molar refractivity (Wildman–Crippen MR) is 62.3 cm³/mol. The molecule has 92 valence electrons. The number of aryl methyl sites for hydroxylation is 1. The highest BCUT2D eigenvalue weighted by Gasteiger charge is 2.07. The summed E-state index contributed by atoms with van der Waals surface area (Å²) in [5.41, 5.74) is 2.41. The smallest absolute Gasteiger partial charge is 0.0928 e. The van der Waals surface area contributed by atoms with Crippen LogP contribution in [0.4, 0.5) is 0 Å². The molecular formula is C11H21N3O2. The standard InChI is InChI=1S/C11H21N3O2/c1-9-10(6-13-14(9)2)5-12-7-11(16-4)8-15-3/h6,11-12H,5,7-8H2,1-4H3. The Morgan fingerprint density at radius 2 is 2.25 bits per heavy atom. The molecule has 1 atom stereocenters. The molecule has 0 aliphatic rings. The van der Waals surface area contributed by atoms with Crippen LogP contribution in [-0.2, 0) is 23.1 Å². The summed E-state index contributed by atoms with van der Waals surface area (Å²) in [7, 11) is 5.32. The van der Waals surface area contributed by atoms with Crippen LogP contribution in [0.15, 0.2) is 6.20 Å². The maximum atomic E-state index is 5.26. The molecule has 5 heteroatoms. The minimum atomic E-state index is 0.0991. The van der Waals surface area contributed by atoms with Gasteiger partial charge in [0.15, 0.2) is 0 Å². The molecule has 0 saturated carbocycles. The fourth-order valence-electron chi connectivity index (χ4n) is 1.48. The van der Waals surface area contributed by atoms with Crippen LogP contribution in [0.2, 0.25) is 0 Å². The first-order chi connectivity index (χ1) is 7.69. The fraction of sp³-hybridized carbons (Fsp3) is 0.727. The van der Waals surface area contributed by atoms with Crippen LogP contribution in [-0.4, -0.2) is 43.3 Å². The summed E-state index contributed by atoms with van der Waals surface area (Å²) in [6.07, 6.45) is 1.99. The zero-order valence-corrected chi connectivity index (χ0v) is 10.5. The Labute approximate surface area is 96.7 Å². The van der Waals surface area contributed by atoms with E-state index in [1.165, 1.54) is 11.3 Å². The van der Waals surface area contributed by atoms with Crippen molar-refractivity contribution in [1.29, 1.82) is 0 Å². The molecule has 16 heavy (non-hydrogen) atoms. The van der Waals surface area contributed by atoms with Gasteiger partial charge in [0.1, 0.15) is 0 Å². The first-order valence-electron chi connectivity index (χ1n) is 5.39. The van der Waals surface area contributed by atoms with Gasteiger partial charge in [0.25, 0.3) is 0 Å². The number of hydrogen-bond donors (Lipinski definition) is 1. The second kappa shape index (κ2) is 6.62. The highest BCUT2D eigenvalue weighted by Crippen LogP contribution is 2.04. The number of ether oxygens (including phenoxy) is 2. The summed E-state index contributed by atoms with van der Waals surface area (Å²) < 4.78 is 12.2. The molecular weight excluding hydrogens is 206 g/mol. The molecule has 1 aromatic rings. The van der Waals surface area contributed by atoms with Crippen molar-refractivity contribution in [1.82, 2.24) is 15.1 Å². The highest BCUT2D eigenvalue weighted by molar-refractivity contribution is 5.15. The maximum absolute atomic E-state index is 5.26. The minimum Gasteiger partial charge on any atom is -0.382 e. The molecule has 0 amide bonds. The van der Waals surface area contributed by atoms with E-state index in [9.17, 15) is 0 Å². The monoisotopic (exact) mass is 227 g/mol. The molecule has 1 aromatic heterocycles. The Bertz CT molecular complexity index is 312. The van der Waals surface area contributed by atoms with E-state index in [-0.39, 0.29) is 6.10 Å². The first kappa shape index (κ1) is 13.2. The van der Waals surface area contributed by atoms with Crippen molar-refractivity contribution in [3.63, 3.8) is 0 Å². The lowest BCUT2D eigenvalue weighted by molar-refractivity contribution is 0.0288. The zero-order valence-electron chi connectivity index (χ0n) is 10.5. The van der Waals surface area contributed by atoms with Gasteiger partial charge in [-0.1, -0.05) is 0 Å². The van der Waals surface area contributed by atoms with Crippen LogP contribution >= 0.6 is 0 Å². The van der Waals surface area contributed by atoms with E-state index in [2.05, 4.69) is 17.3 Å². The fourth-order valence-corrected chi connectivity index (χ4v) is 1.48. The number of hydrogen-bond acceptors (Lipinski definition) is 4. The predicted octanol–water partition coefficient (Wildman–Crippen LogP) is 0.480. The van der Waals surface area contributed by atoms with Crippen molar-refractivity contribution in [2.75, 3.05) is 27.4 Å². The van der Waals surface area contributed by atoms with Crippen molar-refractivity contribution in [2.24, 2.45) is 7.05 Å². The van der Waals surface area contributed by atoms with Crippen LogP contribution in [0.1, 0.15) is 11.3 Å². The SMILES string of the molecule is COCC(CNCc1cnn(C)c1C)OC. The lowest BCUT2D eigenvalue weighted by Crippen LogP contribution is -2.31. The number of nitrogens with zero attached hydrogens (tertiary/aromatic N) is 2. The van der Waals surface area contributed by atoms with Crippen LogP contribution in [0.3, 0.4) is 0 Å². The van der Waals surface area contributed by atoms with Crippen molar-refractivity contribution in [3.05, 3.63) is 17.5 Å². The summed E-state index contributed by atoms with van der Waals surface area (Å²) in [6.45, 7) is 4.25. The third-order valence-corrected chi connectivity index (χ3v) is 2.71. The summed E-state index contributed by atoms with van der Waals surface area (Å²) in [6, 6.07) is 0. The van der Waals surface area contributed by atoms with E-state index in [1.54, 1.807) is 14.2 Å². The van der Waals surface area contributed by atoms with Gasteiger partial charge in [-0.3, -0.25) is 4.68 Å². The van der Waals surface area contributed by atoms with E-state index in [0.717, 1.165) is 13.1 Å². The topological polar surface area (TPSA) is 48.3 Å². The Hall–Kier alpha value is -0.910. The van der Waals surface area contributed by atoms with Crippen molar-refractivity contribution in [2.45, 2.75) is 19.6 Å². The third kappa shape index (κ3) is 3.59. The van der Waals surface area contributed by atoms with Crippen LogP contribution < -0.4 is 5.32 Å². The maximum Gasteiger partial charge on any atom is 0.0928 e. The summed E-state index contributed by atoms with van der Waals surface area (Å²) in [5, 5.41) is 7.52. The van der Waals surface area contributed by atoms with Crippen LogP contribution in [0.5, 0.6) is 0 Å². The quantitative estimate of drug-likeness (QED) is 0.736. The molecule has 0 aromatic carbocycles. The number of methoxy groups -OCH3 is 2. The molecule has 0 aliphatic carbocycles. The molecule has 0 bridgehead atoms. The van der Waals surface area contributed by atoms with Crippen molar-refractivity contribution in [3.8, 4) is 0 Å². The van der Waals surface area contributed by atoms with Crippen molar-refractivity contribution < 1.29 is 9.47 Å². The number of aromatic nitrogens is 2. The van der Waals surface area contributed by atoms with Gasteiger partial charge in [0.05, 0.1) is 18.9 Å². The molecule has 0 saturated heterocycles. The van der Waals surface area contributed by atoms with E-state index in [1.807, 2.05) is 17.9 Å². The molecule has 1 N–H and O–H groups in total. The Balaban J connectivity index is 2.32. The molecule has 0 radical (unpaired) electrons. The molecule has 0 spiro atoms. The zero-order chi connectivity index (χ0) is 12.0. The molecule has 1 rings (SSSR count). The Morgan fingerprint density at radius 1 is 1.50 bits per heavy atom. The Kier molecular flexibility index (Phi) is 5.45. The first-order valence-corrected chi connectivity index (χ1v) is 5.39. The van der Waals surface area contributed by atoms with Gasteiger partial charge in [0.2, 0.25) is 0 Å². The molecule has 1 unspecified atom stereocenters. The lowest BCUT2D eigenvalue weighted by atomic mass is 10.2. The number of rotatable bonds is 7. The molecule has 0 aliphatic heterocycles. The summed E-state index contributed by atoms with van der Waals surface area (Å²) >= 11 is 0. The van der Waals surface area contributed by atoms with E-state index < -0.39 is 0 Å². The lowest BCUT2D eigenvalue weighted by Gasteiger charge is -2.14. The van der Waals surface area contributed by atoms with Crippen LogP contribution in [0, 0.1) is 6.92 Å². The van der Waals surface area contributed by atoms with Gasteiger partial charge >= 0.3 is 0 Å². The van der Waals surface area contributed by atoms with Crippen LogP contribution in [0.25, 0.3) is 0 Å². The average Bonchev–Trinajstić information content (AvgIpc) is 2.59. The number of nitrogens with one attached hydrogen (secondary N) is 1. The minimum absolute atomic E-state index is 0.0991.